The van der Waals surface area contributed by atoms with Crippen LogP contribution in [0.4, 0.5) is 22.7 Å². The molecule has 0 bridgehead atoms. The molecule has 8 rings (SSSR count). The summed E-state index contributed by atoms with van der Waals surface area (Å²) in [7, 11) is 2.19. The summed E-state index contributed by atoms with van der Waals surface area (Å²) in [5.74, 6) is 2.00. The van der Waals surface area contributed by atoms with Crippen LogP contribution < -0.4 is 16.0 Å². The Balaban J connectivity index is 1.17. The SMILES string of the molecule is CN1CCN(C2=NC3C=C(Cl)C=CC3Nc3c2cccc3C2CN(C3=Nc4cc(Cl)ccc4Nc4ccccc43)CCN2)CC1. The summed E-state index contributed by atoms with van der Waals surface area (Å²) in [6.07, 6.45) is 6.20. The fourth-order valence-electron chi connectivity index (χ4n) is 6.94. The molecule has 0 saturated carbocycles. The van der Waals surface area contributed by atoms with Crippen LogP contribution in [0.5, 0.6) is 0 Å². The summed E-state index contributed by atoms with van der Waals surface area (Å²) in [6, 6.07) is 20.9. The van der Waals surface area contributed by atoms with Crippen LogP contribution >= 0.6 is 23.2 Å². The van der Waals surface area contributed by atoms with Crippen LogP contribution in [-0.4, -0.2) is 91.3 Å². The number of piperazine rings is 2. The van der Waals surface area contributed by atoms with Gasteiger partial charge in [-0.1, -0.05) is 53.5 Å². The molecule has 1 aliphatic carbocycles. The molecule has 45 heavy (non-hydrogen) atoms. The number of nitrogens with one attached hydrogen (secondary N) is 3. The summed E-state index contributed by atoms with van der Waals surface area (Å²) in [5.41, 5.74) is 7.43. The largest absolute Gasteiger partial charge is 0.375 e. The van der Waals surface area contributed by atoms with Crippen molar-refractivity contribution in [2.24, 2.45) is 9.98 Å². The summed E-state index contributed by atoms with van der Waals surface area (Å²) in [5, 5.41) is 12.7. The minimum atomic E-state index is -0.0792. The number of halogens is 2. The fraction of sp³-hybridized carbons (Fsp3) is 0.314. The monoisotopic (exact) mass is 638 g/mol. The minimum Gasteiger partial charge on any atom is -0.375 e. The molecule has 5 aliphatic rings. The van der Waals surface area contributed by atoms with Gasteiger partial charge in [-0.05, 0) is 61.2 Å². The van der Waals surface area contributed by atoms with Crippen LogP contribution in [0.15, 0.2) is 93.9 Å². The van der Waals surface area contributed by atoms with E-state index >= 15 is 0 Å². The standard InChI is InChI=1S/C35H36Cl2N8/c1-43-15-17-44(18-16-43)35-26-7-4-6-24(33(26)40-29-12-10-23(37)20-31(29)42-35)32-21-45(14-13-38-32)34-25-5-2-3-8-27(25)39-28-11-9-22(36)19-30(28)41-34/h2-12,19-20,29,31-32,38-40H,13-18,21H2,1H3. The Morgan fingerprint density at radius 1 is 0.844 bits per heavy atom. The van der Waals surface area contributed by atoms with E-state index < -0.39 is 0 Å². The first-order valence-electron chi connectivity index (χ1n) is 15.7. The van der Waals surface area contributed by atoms with Gasteiger partial charge in [0.2, 0.25) is 0 Å². The molecule has 3 unspecified atom stereocenters. The molecular weight excluding hydrogens is 603 g/mol. The van der Waals surface area contributed by atoms with E-state index in [1.54, 1.807) is 0 Å². The van der Waals surface area contributed by atoms with Gasteiger partial charge in [0, 0.05) is 72.7 Å². The number of fused-ring (bicyclic) bond motifs is 4. The van der Waals surface area contributed by atoms with Crippen molar-refractivity contribution in [3.63, 3.8) is 0 Å². The van der Waals surface area contributed by atoms with Gasteiger partial charge in [0.05, 0.1) is 35.2 Å². The number of benzene rings is 3. The zero-order valence-electron chi connectivity index (χ0n) is 25.2. The molecule has 2 saturated heterocycles. The number of amidine groups is 2. The highest BCUT2D eigenvalue weighted by Crippen LogP contribution is 2.39. The maximum Gasteiger partial charge on any atom is 0.138 e. The Kier molecular flexibility index (Phi) is 7.53. The average Bonchev–Trinajstić information content (AvgIpc) is 3.33. The number of allylic oxidation sites excluding steroid dienone is 2. The molecule has 0 amide bonds. The Labute approximate surface area is 274 Å². The highest BCUT2D eigenvalue weighted by molar-refractivity contribution is 6.31. The van der Waals surface area contributed by atoms with Crippen LogP contribution in [0.2, 0.25) is 5.02 Å². The first-order valence-corrected chi connectivity index (χ1v) is 16.5. The lowest BCUT2D eigenvalue weighted by molar-refractivity contribution is 0.215. The average molecular weight is 640 g/mol. The number of rotatable bonds is 1. The lowest BCUT2D eigenvalue weighted by Gasteiger charge is -2.38. The molecule has 0 radical (unpaired) electrons. The first-order chi connectivity index (χ1) is 22.0. The van der Waals surface area contributed by atoms with E-state index in [0.29, 0.717) is 5.02 Å². The topological polar surface area (TPSA) is 70.5 Å². The number of likely N-dealkylation sites (N-methyl/N-ethyl adjacent to an activating group) is 1. The van der Waals surface area contributed by atoms with Gasteiger partial charge in [0.1, 0.15) is 11.7 Å². The molecule has 0 aromatic heterocycles. The second-order valence-electron chi connectivity index (χ2n) is 12.3. The predicted molar refractivity (Wildman–Crippen MR) is 186 cm³/mol. The zero-order valence-corrected chi connectivity index (χ0v) is 26.7. The van der Waals surface area contributed by atoms with Crippen molar-refractivity contribution in [3.05, 3.63) is 106 Å². The molecule has 3 atom stereocenters. The lowest BCUT2D eigenvalue weighted by Crippen LogP contribution is -2.49. The number of hydrogen-bond acceptors (Lipinski definition) is 8. The maximum absolute atomic E-state index is 6.50. The van der Waals surface area contributed by atoms with Crippen molar-refractivity contribution in [2.75, 3.05) is 63.5 Å². The molecule has 3 aromatic rings. The van der Waals surface area contributed by atoms with E-state index in [9.17, 15) is 0 Å². The van der Waals surface area contributed by atoms with E-state index in [2.05, 4.69) is 92.3 Å². The Morgan fingerprint density at radius 2 is 1.69 bits per heavy atom. The van der Waals surface area contributed by atoms with E-state index in [4.69, 9.17) is 33.2 Å². The van der Waals surface area contributed by atoms with Gasteiger partial charge in [-0.3, -0.25) is 4.99 Å². The molecule has 3 aromatic carbocycles. The third-order valence-electron chi connectivity index (χ3n) is 9.36. The number of anilines is 3. The number of aliphatic imine (C=N–C) groups is 2. The number of para-hydroxylation sites is 2. The van der Waals surface area contributed by atoms with E-state index in [1.807, 2.05) is 24.3 Å². The van der Waals surface area contributed by atoms with Gasteiger partial charge in [0.15, 0.2) is 0 Å². The minimum absolute atomic E-state index is 0.0162. The highest BCUT2D eigenvalue weighted by atomic mass is 35.5. The second-order valence-corrected chi connectivity index (χ2v) is 13.2. The van der Waals surface area contributed by atoms with Crippen LogP contribution in [0.1, 0.15) is 22.7 Å². The van der Waals surface area contributed by atoms with Crippen LogP contribution in [-0.2, 0) is 0 Å². The summed E-state index contributed by atoms with van der Waals surface area (Å²) in [6.45, 7) is 6.34. The highest BCUT2D eigenvalue weighted by Gasteiger charge is 2.34. The number of nitrogens with zero attached hydrogens (tertiary/aromatic N) is 5. The molecule has 3 N–H and O–H groups in total. The van der Waals surface area contributed by atoms with E-state index in [-0.39, 0.29) is 18.1 Å². The molecular formula is C35H36Cl2N8. The number of hydrogen-bond donors (Lipinski definition) is 3. The summed E-state index contributed by atoms with van der Waals surface area (Å²) in [4.78, 5) is 17.8. The zero-order chi connectivity index (χ0) is 30.5. The molecule has 2 fully saturated rings. The Hall–Kier alpha value is -3.82. The van der Waals surface area contributed by atoms with Crippen molar-refractivity contribution in [1.29, 1.82) is 0 Å². The van der Waals surface area contributed by atoms with Gasteiger partial charge in [-0.2, -0.15) is 0 Å². The third kappa shape index (κ3) is 5.50. The summed E-state index contributed by atoms with van der Waals surface area (Å²) < 4.78 is 0. The van der Waals surface area contributed by atoms with Gasteiger partial charge in [0.25, 0.3) is 0 Å². The van der Waals surface area contributed by atoms with Gasteiger partial charge >= 0.3 is 0 Å². The summed E-state index contributed by atoms with van der Waals surface area (Å²) >= 11 is 12.9. The smallest absolute Gasteiger partial charge is 0.138 e. The van der Waals surface area contributed by atoms with Gasteiger partial charge in [-0.25, -0.2) is 4.99 Å². The molecule has 8 nitrogen and oxygen atoms in total. The molecule has 4 aliphatic heterocycles. The van der Waals surface area contributed by atoms with Crippen molar-refractivity contribution in [3.8, 4) is 0 Å². The van der Waals surface area contributed by atoms with Crippen LogP contribution in [0.3, 0.4) is 0 Å². The van der Waals surface area contributed by atoms with Crippen LogP contribution in [0.25, 0.3) is 0 Å². The molecule has 10 heteroatoms. The van der Waals surface area contributed by atoms with Crippen molar-refractivity contribution < 1.29 is 0 Å². The normalized spacial score (nSPS) is 24.3. The Bertz CT molecular complexity index is 1760. The lowest BCUT2D eigenvalue weighted by atomic mass is 9.96. The Morgan fingerprint density at radius 3 is 2.58 bits per heavy atom. The molecule has 0 spiro atoms. The molecule has 4 heterocycles. The maximum atomic E-state index is 6.50. The third-order valence-corrected chi connectivity index (χ3v) is 9.84. The van der Waals surface area contributed by atoms with Crippen LogP contribution in [0, 0.1) is 0 Å². The second kappa shape index (κ2) is 11.8. The predicted octanol–water partition coefficient (Wildman–Crippen LogP) is 5.97. The van der Waals surface area contributed by atoms with E-state index in [1.165, 1.54) is 5.56 Å². The fourth-order valence-corrected chi connectivity index (χ4v) is 7.31. The van der Waals surface area contributed by atoms with Gasteiger partial charge in [-0.15, -0.1) is 0 Å². The van der Waals surface area contributed by atoms with Gasteiger partial charge < -0.3 is 30.7 Å². The van der Waals surface area contributed by atoms with E-state index in [0.717, 1.165) is 96.4 Å². The molecule has 230 valence electrons. The van der Waals surface area contributed by atoms with Crippen molar-refractivity contribution >= 4 is 57.6 Å². The first kappa shape index (κ1) is 28.6. The quantitative estimate of drug-likeness (QED) is 0.305. The van der Waals surface area contributed by atoms with Crippen molar-refractivity contribution in [1.82, 2.24) is 20.0 Å². The van der Waals surface area contributed by atoms with Crippen molar-refractivity contribution in [2.45, 2.75) is 18.1 Å².